The van der Waals surface area contributed by atoms with Gasteiger partial charge in [-0.3, -0.25) is 0 Å². The molecule has 8 bridgehead atoms. The summed E-state index contributed by atoms with van der Waals surface area (Å²) in [6.45, 7) is 3.76. The van der Waals surface area contributed by atoms with Crippen molar-refractivity contribution in [2.24, 2.45) is 0 Å². The van der Waals surface area contributed by atoms with E-state index in [0.29, 0.717) is 33.6 Å². The number of nitrogens with zero attached hydrogens (tertiary/aromatic N) is 6. The number of hydrogen-bond donors (Lipinski definition) is 2. The van der Waals surface area contributed by atoms with E-state index in [9.17, 15) is 0 Å². The van der Waals surface area contributed by atoms with Gasteiger partial charge in [0.1, 0.15) is 44.1 Å². The average molecular weight is 1070 g/mol. The van der Waals surface area contributed by atoms with Crippen molar-refractivity contribution >= 4 is 160 Å². The summed E-state index contributed by atoms with van der Waals surface area (Å²) in [5.74, 6) is 1.31. The number of para-hydroxylation sites is 2. The zero-order valence-corrected chi connectivity index (χ0v) is 40.8. The van der Waals surface area contributed by atoms with Crippen molar-refractivity contribution < 1.29 is 9.47 Å². The third-order valence-corrected chi connectivity index (χ3v) is 15.2. The summed E-state index contributed by atoms with van der Waals surface area (Å²) in [7, 11) is 0. The Bertz CT molecular complexity index is 3840. The largest absolute Gasteiger partial charge is 0.454 e. The molecule has 9 aromatic rings. The lowest BCUT2D eigenvalue weighted by Crippen LogP contribution is -1.94. The van der Waals surface area contributed by atoms with Gasteiger partial charge in [0.25, 0.3) is 0 Å². The van der Waals surface area contributed by atoms with Crippen molar-refractivity contribution in [3.05, 3.63) is 134 Å². The molecule has 11 rings (SSSR count). The van der Waals surface area contributed by atoms with Crippen LogP contribution in [0, 0.1) is 13.8 Å². The van der Waals surface area contributed by atoms with E-state index < -0.39 is 0 Å². The van der Waals surface area contributed by atoms with Gasteiger partial charge in [-0.25, -0.2) is 29.9 Å². The fourth-order valence-corrected chi connectivity index (χ4v) is 10.6. The summed E-state index contributed by atoms with van der Waals surface area (Å²) in [4.78, 5) is 36.6. The number of aryl methyl sites for hydroxylation is 2. The number of halogens is 10. The smallest absolute Gasteiger partial charge is 0.166 e. The number of hydrogen-bond acceptors (Lipinski definition) is 8. The van der Waals surface area contributed by atoms with Crippen LogP contribution in [-0.2, 0) is 0 Å². The van der Waals surface area contributed by atoms with Gasteiger partial charge in [0.2, 0.25) is 0 Å². The van der Waals surface area contributed by atoms with Gasteiger partial charge in [0, 0.05) is 10.8 Å². The molecular weight excluding hydrogens is 1050 g/mol. The van der Waals surface area contributed by atoms with Gasteiger partial charge in [-0.1, -0.05) is 177 Å². The second-order valence-corrected chi connectivity index (χ2v) is 18.7. The van der Waals surface area contributed by atoms with E-state index in [1.165, 1.54) is 0 Å². The fourth-order valence-electron chi connectivity index (χ4n) is 7.83. The summed E-state index contributed by atoms with van der Waals surface area (Å²) in [6.07, 6.45) is 0. The van der Waals surface area contributed by atoms with Gasteiger partial charge in [-0.05, 0) is 37.1 Å². The first-order chi connectivity index (χ1) is 31.7. The molecule has 2 aliphatic rings. The maximum Gasteiger partial charge on any atom is 0.166 e. The van der Waals surface area contributed by atoms with Crippen molar-refractivity contribution in [2.45, 2.75) is 13.8 Å². The molecule has 0 amide bonds. The maximum absolute atomic E-state index is 7.37. The van der Waals surface area contributed by atoms with E-state index in [4.69, 9.17) is 155 Å². The van der Waals surface area contributed by atoms with Gasteiger partial charge < -0.3 is 19.4 Å². The molecule has 6 aromatic carbocycles. The minimum atomic E-state index is -0.0242. The Morgan fingerprint density at radius 3 is 1.17 bits per heavy atom. The summed E-state index contributed by atoms with van der Waals surface area (Å²) in [5, 5.41) is 1.89. The highest BCUT2D eigenvalue weighted by molar-refractivity contribution is 6.55. The monoisotopic (exact) mass is 1070 g/mol. The molecule has 326 valence electrons. The zero-order chi connectivity index (χ0) is 46.0. The quantitative estimate of drug-likeness (QED) is 0.132. The fraction of sp³-hybridized carbons (Fsp3) is 0.0435. The van der Waals surface area contributed by atoms with E-state index in [-0.39, 0.29) is 129 Å². The third kappa shape index (κ3) is 6.76. The lowest BCUT2D eigenvalue weighted by molar-refractivity contribution is 0.479. The molecule has 2 N–H and O–H groups in total. The molecule has 0 radical (unpaired) electrons. The Labute approximate surface area is 422 Å². The third-order valence-electron chi connectivity index (χ3n) is 11.0. The van der Waals surface area contributed by atoms with E-state index in [0.717, 1.165) is 11.1 Å². The molecule has 0 spiro atoms. The van der Waals surface area contributed by atoms with Gasteiger partial charge in [0.15, 0.2) is 34.8 Å². The lowest BCUT2D eigenvalue weighted by Gasteiger charge is -2.15. The molecule has 0 atom stereocenters. The molecule has 5 heterocycles. The van der Waals surface area contributed by atoms with Gasteiger partial charge >= 0.3 is 0 Å². The van der Waals surface area contributed by atoms with E-state index >= 15 is 0 Å². The normalized spacial score (nSPS) is 11.9. The maximum atomic E-state index is 7.37. The van der Waals surface area contributed by atoms with Gasteiger partial charge in [0.05, 0.1) is 73.2 Å². The van der Waals surface area contributed by atoms with Crippen LogP contribution in [0.25, 0.3) is 89.7 Å². The number of benzene rings is 6. The molecule has 0 saturated heterocycles. The molecular formula is C46H20Cl10N8O2. The Kier molecular flexibility index (Phi) is 10.9. The van der Waals surface area contributed by atoms with Crippen LogP contribution in [-0.4, -0.2) is 39.9 Å². The van der Waals surface area contributed by atoms with Crippen molar-refractivity contribution in [3.63, 3.8) is 0 Å². The number of rotatable bonds is 4. The van der Waals surface area contributed by atoms with E-state index in [1.807, 2.05) is 74.5 Å². The molecule has 3 aromatic heterocycles. The average Bonchev–Trinajstić information content (AvgIpc) is 4.05. The summed E-state index contributed by atoms with van der Waals surface area (Å²) in [5.41, 5.74) is 3.48. The SMILES string of the molecule is Cc1ccccc1Oc1c(Cl)c(Cl)c2c(c1Cl)-c1nc-2nc2[nH]c(nc3nc(nc4[nH]c(n1)c1c(Cl)c(Oc5ccccc5C)c(Cl)c(Cl)c41)-c1c(Cl)c(Cl)c(Cl)c(Cl)c1-3)c1ccccc21. The van der Waals surface area contributed by atoms with Crippen molar-refractivity contribution in [3.8, 4) is 68.5 Å². The van der Waals surface area contributed by atoms with Crippen LogP contribution in [0.2, 0.25) is 50.2 Å². The first-order valence-corrected chi connectivity index (χ1v) is 23.2. The first kappa shape index (κ1) is 43.7. The molecule has 20 heteroatoms. The highest BCUT2D eigenvalue weighted by Gasteiger charge is 2.34. The minimum absolute atomic E-state index is 0.00265. The Balaban J connectivity index is 1.33. The number of fused-ring (bicyclic) bond motifs is 20. The van der Waals surface area contributed by atoms with Crippen LogP contribution in [0.3, 0.4) is 0 Å². The lowest BCUT2D eigenvalue weighted by atomic mass is 10.1. The van der Waals surface area contributed by atoms with Crippen LogP contribution in [0.5, 0.6) is 23.0 Å². The van der Waals surface area contributed by atoms with Crippen LogP contribution in [0.4, 0.5) is 0 Å². The molecule has 66 heavy (non-hydrogen) atoms. The molecule has 0 saturated carbocycles. The Morgan fingerprint density at radius 2 is 0.697 bits per heavy atom. The predicted octanol–water partition coefficient (Wildman–Crippen LogP) is 17.6. The Morgan fingerprint density at radius 1 is 0.348 bits per heavy atom. The second kappa shape index (κ2) is 16.5. The number of nitrogens with one attached hydrogen (secondary N) is 2. The van der Waals surface area contributed by atoms with Crippen LogP contribution >= 0.6 is 116 Å². The van der Waals surface area contributed by atoms with Gasteiger partial charge in [-0.2, -0.15) is 0 Å². The van der Waals surface area contributed by atoms with Crippen molar-refractivity contribution in [2.75, 3.05) is 0 Å². The predicted molar refractivity (Wildman–Crippen MR) is 269 cm³/mol. The first-order valence-electron chi connectivity index (χ1n) is 19.4. The van der Waals surface area contributed by atoms with E-state index in [2.05, 4.69) is 9.97 Å². The topological polar surface area (TPSA) is 127 Å². The standard InChI is InChI=1S/C46H20Cl10N8O2/c1-15-9-3-7-13-19(15)65-37-31(51)25-23(29(49)35(37)55)42-59-40-18-12-6-5-11-17(18)39(57-40)58-41-21-22(28(48)34(54)33(53)27(21)47)43(60-41)62-44-24-26(46(63-44)64-45(25)61-42)32(52)38(36(56)30(24)50)66-20-14-8-4-10-16(20)2/h3-14H,1-2H3,(H2,57,58,59,60,61,62,63,64). The molecule has 2 aliphatic heterocycles. The zero-order valence-electron chi connectivity index (χ0n) is 33.2. The molecule has 0 unspecified atom stereocenters. The highest BCUT2D eigenvalue weighted by Crippen LogP contribution is 2.55. The van der Waals surface area contributed by atoms with Crippen LogP contribution < -0.4 is 9.47 Å². The van der Waals surface area contributed by atoms with Crippen molar-refractivity contribution in [1.29, 1.82) is 0 Å². The second-order valence-electron chi connectivity index (χ2n) is 14.9. The van der Waals surface area contributed by atoms with E-state index in [1.54, 1.807) is 12.1 Å². The summed E-state index contributed by atoms with van der Waals surface area (Å²) < 4.78 is 12.8. The summed E-state index contributed by atoms with van der Waals surface area (Å²) >= 11 is 70.5. The highest BCUT2D eigenvalue weighted by atomic mass is 35.5. The number of ether oxygens (including phenoxy) is 2. The molecule has 10 nitrogen and oxygen atoms in total. The van der Waals surface area contributed by atoms with Crippen LogP contribution in [0.15, 0.2) is 72.8 Å². The number of aromatic nitrogens is 8. The van der Waals surface area contributed by atoms with Crippen LogP contribution in [0.1, 0.15) is 11.1 Å². The van der Waals surface area contributed by atoms with Crippen molar-refractivity contribution in [1.82, 2.24) is 39.9 Å². The van der Waals surface area contributed by atoms with Gasteiger partial charge in [-0.15, -0.1) is 0 Å². The Hall–Kier alpha value is -4.82. The number of aromatic amines is 2. The minimum Gasteiger partial charge on any atom is -0.454 e. The molecule has 0 aliphatic carbocycles. The summed E-state index contributed by atoms with van der Waals surface area (Å²) in [6, 6.07) is 22.1. The number of H-pyrrole nitrogens is 2. The molecule has 0 fully saturated rings.